The van der Waals surface area contributed by atoms with E-state index in [1.807, 2.05) is 0 Å². The van der Waals surface area contributed by atoms with Crippen LogP contribution in [0.4, 0.5) is 0 Å². The number of rotatable bonds is 2. The molecule has 1 nitrogen and oxygen atoms in total. The lowest BCUT2D eigenvalue weighted by atomic mass is 9.49. The Hall–Kier alpha value is -0.265. The number of ketones is 1. The van der Waals surface area contributed by atoms with Crippen molar-refractivity contribution in [2.24, 2.45) is 23.7 Å². The van der Waals surface area contributed by atoms with E-state index in [0.717, 1.165) is 17.8 Å². The van der Waals surface area contributed by atoms with Gasteiger partial charge < -0.3 is 0 Å². The van der Waals surface area contributed by atoms with E-state index in [1.54, 1.807) is 6.92 Å². The molecule has 0 aromatic heterocycles. The van der Waals surface area contributed by atoms with Gasteiger partial charge >= 0.3 is 0 Å². The zero-order valence-electron chi connectivity index (χ0n) is 10.7. The molecule has 88 valence electrons. The highest BCUT2D eigenvalue weighted by Crippen LogP contribution is 2.62. The first-order valence-electron chi connectivity index (χ1n) is 7.07. The second-order valence-corrected chi connectivity index (χ2v) is 7.08. The Morgan fingerprint density at radius 2 is 1.69 bits per heavy atom. The number of hydrogen-bond donors (Lipinski definition) is 0. The highest BCUT2D eigenvalue weighted by Gasteiger charge is 2.49. The Balaban J connectivity index is 1.72. The minimum atomic E-state index is 0.410. The number of Topliss-reactive ketones (excluding diaryl/α,β-unsaturated/α-hetero) is 1. The number of carbonyl (C=O) groups is 1. The quantitative estimate of drug-likeness (QED) is 0.651. The molecule has 0 heterocycles. The summed E-state index contributed by atoms with van der Waals surface area (Å²) in [5.74, 6) is 3.63. The number of carbonyl (C=O) groups excluding carboxylic acids is 1. The molecule has 3 aliphatic rings. The van der Waals surface area contributed by atoms with Crippen LogP contribution in [-0.4, -0.2) is 13.6 Å². The second kappa shape index (κ2) is 3.61. The molecule has 0 amide bonds. The van der Waals surface area contributed by atoms with Crippen LogP contribution in [0.2, 0.25) is 5.31 Å². The van der Waals surface area contributed by atoms with Gasteiger partial charge in [0.1, 0.15) is 13.6 Å². The highest BCUT2D eigenvalue weighted by molar-refractivity contribution is 6.15. The molecule has 0 N–H and O–H groups in total. The van der Waals surface area contributed by atoms with E-state index in [2.05, 4.69) is 7.85 Å². The summed E-state index contributed by atoms with van der Waals surface area (Å²) in [5.41, 5.74) is 0. The smallest absolute Gasteiger partial charge is 0.132 e. The predicted octanol–water partition coefficient (Wildman–Crippen LogP) is 2.60. The van der Waals surface area contributed by atoms with Gasteiger partial charge in [0.15, 0.2) is 0 Å². The van der Waals surface area contributed by atoms with Crippen LogP contribution in [0, 0.1) is 23.7 Å². The maximum atomic E-state index is 11.5. The first-order chi connectivity index (χ1) is 7.57. The molecule has 0 spiro atoms. The average molecular weight is 218 g/mol. The van der Waals surface area contributed by atoms with E-state index in [0.29, 0.717) is 17.0 Å². The van der Waals surface area contributed by atoms with E-state index >= 15 is 0 Å². The average Bonchev–Trinajstić information content (AvgIpc) is 2.98. The Labute approximate surface area is 99.8 Å². The van der Waals surface area contributed by atoms with Crippen molar-refractivity contribution >= 4 is 13.6 Å². The summed E-state index contributed by atoms with van der Waals surface area (Å²) in [6.45, 7) is 1.80. The van der Waals surface area contributed by atoms with E-state index in [4.69, 9.17) is 0 Å². The summed E-state index contributed by atoms with van der Waals surface area (Å²) in [5, 5.41) is 0.648. The molecule has 16 heavy (non-hydrogen) atoms. The minimum Gasteiger partial charge on any atom is -0.300 e. The molecular formula is C14H23BO. The maximum Gasteiger partial charge on any atom is 0.132 e. The van der Waals surface area contributed by atoms with Crippen LogP contribution in [0.15, 0.2) is 0 Å². The monoisotopic (exact) mass is 218 g/mol. The van der Waals surface area contributed by atoms with E-state index < -0.39 is 0 Å². The Morgan fingerprint density at radius 1 is 1.12 bits per heavy atom. The Kier molecular flexibility index (Phi) is 2.45. The molecule has 3 saturated carbocycles. The van der Waals surface area contributed by atoms with Gasteiger partial charge in [-0.3, -0.25) is 4.79 Å². The zero-order chi connectivity index (χ0) is 11.3. The molecule has 2 bridgehead atoms. The van der Waals surface area contributed by atoms with Gasteiger partial charge in [0.2, 0.25) is 0 Å². The first-order valence-corrected chi connectivity index (χ1v) is 7.07. The molecule has 3 rings (SSSR count). The van der Waals surface area contributed by atoms with E-state index in [-0.39, 0.29) is 0 Å². The number of hydrogen-bond acceptors (Lipinski definition) is 1. The Bertz CT molecular complexity index is 294. The summed E-state index contributed by atoms with van der Waals surface area (Å²) in [6, 6.07) is 0. The van der Waals surface area contributed by atoms with Crippen LogP contribution in [0.3, 0.4) is 0 Å². The highest BCUT2D eigenvalue weighted by atomic mass is 16.1. The van der Waals surface area contributed by atoms with Gasteiger partial charge in [-0.25, -0.2) is 0 Å². The van der Waals surface area contributed by atoms with Crippen LogP contribution >= 0.6 is 0 Å². The SMILES string of the molecule is BC1(C2CC2)CC2CC(CC(C(C)=O)C2)C1. The second-order valence-electron chi connectivity index (χ2n) is 7.08. The molecule has 2 atom stereocenters. The third-order valence-corrected chi connectivity index (χ3v) is 5.55. The normalized spacial score (nSPS) is 47.7. The molecule has 0 radical (unpaired) electrons. The first kappa shape index (κ1) is 10.9. The lowest BCUT2D eigenvalue weighted by Crippen LogP contribution is -2.37. The van der Waals surface area contributed by atoms with Crippen molar-refractivity contribution in [2.45, 2.75) is 57.2 Å². The summed E-state index contributed by atoms with van der Waals surface area (Å²) >= 11 is 0. The van der Waals surface area contributed by atoms with E-state index in [9.17, 15) is 4.79 Å². The summed E-state index contributed by atoms with van der Waals surface area (Å²) in [4.78, 5) is 11.5. The van der Waals surface area contributed by atoms with Crippen molar-refractivity contribution in [3.05, 3.63) is 0 Å². The molecule has 0 aromatic rings. The summed E-state index contributed by atoms with van der Waals surface area (Å²) in [6.07, 6.45) is 9.61. The fourth-order valence-electron chi connectivity index (χ4n) is 4.75. The summed E-state index contributed by atoms with van der Waals surface area (Å²) in [7, 11) is 2.53. The molecule has 3 aliphatic carbocycles. The molecule has 2 heteroatoms. The lowest BCUT2D eigenvalue weighted by molar-refractivity contribution is -0.123. The largest absolute Gasteiger partial charge is 0.300 e. The fourth-order valence-corrected chi connectivity index (χ4v) is 4.75. The van der Waals surface area contributed by atoms with Crippen molar-refractivity contribution in [3.8, 4) is 0 Å². The van der Waals surface area contributed by atoms with Gasteiger partial charge in [0.05, 0.1) is 0 Å². The van der Waals surface area contributed by atoms with Crippen LogP contribution in [0.5, 0.6) is 0 Å². The maximum absolute atomic E-state index is 11.5. The van der Waals surface area contributed by atoms with Crippen LogP contribution in [0.1, 0.15) is 51.9 Å². The Morgan fingerprint density at radius 3 is 2.12 bits per heavy atom. The number of fused-ring (bicyclic) bond motifs is 2. The lowest BCUT2D eigenvalue weighted by Gasteiger charge is -2.48. The molecule has 0 aromatic carbocycles. The van der Waals surface area contributed by atoms with Crippen molar-refractivity contribution in [1.82, 2.24) is 0 Å². The predicted molar refractivity (Wildman–Crippen MR) is 68.2 cm³/mol. The van der Waals surface area contributed by atoms with Gasteiger partial charge in [-0.05, 0) is 43.9 Å². The van der Waals surface area contributed by atoms with Crippen LogP contribution in [0.25, 0.3) is 0 Å². The zero-order valence-corrected chi connectivity index (χ0v) is 10.7. The van der Waals surface area contributed by atoms with Crippen molar-refractivity contribution in [3.63, 3.8) is 0 Å². The van der Waals surface area contributed by atoms with Crippen LogP contribution < -0.4 is 0 Å². The van der Waals surface area contributed by atoms with Crippen molar-refractivity contribution < 1.29 is 4.79 Å². The van der Waals surface area contributed by atoms with Gasteiger partial charge in [-0.1, -0.05) is 31.0 Å². The minimum absolute atomic E-state index is 0.410. The van der Waals surface area contributed by atoms with E-state index in [1.165, 1.54) is 44.9 Å². The third-order valence-electron chi connectivity index (χ3n) is 5.55. The molecule has 3 fully saturated rings. The molecule has 2 unspecified atom stereocenters. The summed E-state index contributed by atoms with van der Waals surface area (Å²) < 4.78 is 0. The van der Waals surface area contributed by atoms with Gasteiger partial charge in [0, 0.05) is 5.92 Å². The fraction of sp³-hybridized carbons (Fsp3) is 0.929. The molecular weight excluding hydrogens is 195 g/mol. The van der Waals surface area contributed by atoms with Gasteiger partial charge in [-0.2, -0.15) is 0 Å². The topological polar surface area (TPSA) is 17.1 Å². The van der Waals surface area contributed by atoms with Crippen LogP contribution in [-0.2, 0) is 4.79 Å². The van der Waals surface area contributed by atoms with Gasteiger partial charge in [-0.15, -0.1) is 0 Å². The molecule has 0 saturated heterocycles. The van der Waals surface area contributed by atoms with Crippen molar-refractivity contribution in [2.75, 3.05) is 0 Å². The standard InChI is InChI=1S/C14H23BO/c1-9(16)12-5-10-4-11(6-12)8-14(15,7-10)13-2-3-13/h10-13H,2-8,15H2,1H3. The third kappa shape index (κ3) is 1.85. The van der Waals surface area contributed by atoms with Gasteiger partial charge in [0.25, 0.3) is 0 Å². The molecule has 0 aliphatic heterocycles. The van der Waals surface area contributed by atoms with Crippen molar-refractivity contribution in [1.29, 1.82) is 0 Å².